The molecule has 19 heavy (non-hydrogen) atoms. The van der Waals surface area contributed by atoms with Crippen molar-refractivity contribution in [3.05, 3.63) is 65.7 Å². The third-order valence-corrected chi connectivity index (χ3v) is 3.27. The van der Waals surface area contributed by atoms with Gasteiger partial charge in [0, 0.05) is 10.5 Å². The van der Waals surface area contributed by atoms with Gasteiger partial charge in [-0.3, -0.25) is 0 Å². The monoisotopic (exact) mass is 268 g/mol. The topological polar surface area (TPSA) is 37.3 Å². The molecular formula is C16H12O2S. The Morgan fingerprint density at radius 3 is 2.63 bits per heavy atom. The highest BCUT2D eigenvalue weighted by Crippen LogP contribution is 2.18. The zero-order valence-corrected chi connectivity index (χ0v) is 11.0. The molecule has 3 heteroatoms. The molecule has 0 saturated carbocycles. The summed E-state index contributed by atoms with van der Waals surface area (Å²) in [5, 5.41) is 8.89. The molecule has 0 spiro atoms. The van der Waals surface area contributed by atoms with E-state index in [-0.39, 0.29) is 0 Å². The molecule has 0 heterocycles. The lowest BCUT2D eigenvalue weighted by atomic mass is 10.2. The van der Waals surface area contributed by atoms with Crippen molar-refractivity contribution in [2.24, 2.45) is 0 Å². The fraction of sp³-hybridized carbons (Fsp3) is 0.0625. The molecule has 1 N–H and O–H groups in total. The molecule has 0 aliphatic rings. The summed E-state index contributed by atoms with van der Waals surface area (Å²) >= 11 is 1.53. The maximum Gasteiger partial charge on any atom is 0.335 e. The first-order valence-corrected chi connectivity index (χ1v) is 6.74. The van der Waals surface area contributed by atoms with Gasteiger partial charge in [-0.05, 0) is 30.3 Å². The van der Waals surface area contributed by atoms with E-state index in [4.69, 9.17) is 5.11 Å². The average molecular weight is 268 g/mol. The van der Waals surface area contributed by atoms with Crippen molar-refractivity contribution in [1.29, 1.82) is 0 Å². The maximum atomic E-state index is 10.8. The number of carboxylic acid groups (broad SMARTS) is 1. The Hall–Kier alpha value is -2.18. The lowest BCUT2D eigenvalue weighted by Crippen LogP contribution is -1.95. The van der Waals surface area contributed by atoms with E-state index in [1.54, 1.807) is 18.2 Å². The van der Waals surface area contributed by atoms with Crippen molar-refractivity contribution in [1.82, 2.24) is 0 Å². The summed E-state index contributed by atoms with van der Waals surface area (Å²) < 4.78 is 0. The van der Waals surface area contributed by atoms with Gasteiger partial charge in [0.2, 0.25) is 0 Å². The highest BCUT2D eigenvalue weighted by molar-refractivity contribution is 7.99. The Morgan fingerprint density at radius 1 is 1.11 bits per heavy atom. The molecule has 2 nitrogen and oxygen atoms in total. The van der Waals surface area contributed by atoms with Crippen LogP contribution in [0.2, 0.25) is 0 Å². The molecule has 0 amide bonds. The Bertz CT molecular complexity index is 624. The molecule has 0 fully saturated rings. The van der Waals surface area contributed by atoms with E-state index in [0.717, 1.165) is 10.5 Å². The molecule has 0 saturated heterocycles. The zero-order chi connectivity index (χ0) is 13.5. The van der Waals surface area contributed by atoms with Crippen molar-refractivity contribution in [3.63, 3.8) is 0 Å². The molecule has 2 aromatic carbocycles. The largest absolute Gasteiger partial charge is 0.478 e. The van der Waals surface area contributed by atoms with E-state index in [2.05, 4.69) is 11.8 Å². The number of benzene rings is 2. The molecule has 0 aliphatic carbocycles. The van der Waals surface area contributed by atoms with E-state index >= 15 is 0 Å². The Balaban J connectivity index is 1.95. The Kier molecular flexibility index (Phi) is 4.66. The summed E-state index contributed by atoms with van der Waals surface area (Å²) in [6.45, 7) is 0. The lowest BCUT2D eigenvalue weighted by Gasteiger charge is -1.99. The quantitative estimate of drug-likeness (QED) is 0.683. The van der Waals surface area contributed by atoms with Crippen LogP contribution in [0.3, 0.4) is 0 Å². The first-order chi connectivity index (χ1) is 9.25. The van der Waals surface area contributed by atoms with Crippen molar-refractivity contribution in [2.45, 2.75) is 4.90 Å². The minimum atomic E-state index is -0.905. The van der Waals surface area contributed by atoms with Crippen LogP contribution >= 0.6 is 11.8 Å². The molecule has 2 aromatic rings. The second-order valence-corrected chi connectivity index (χ2v) is 4.84. The molecule has 0 atom stereocenters. The van der Waals surface area contributed by atoms with Crippen molar-refractivity contribution in [2.75, 3.05) is 5.75 Å². The first-order valence-electron chi connectivity index (χ1n) is 5.76. The predicted molar refractivity (Wildman–Crippen MR) is 77.4 cm³/mol. The van der Waals surface area contributed by atoms with Crippen LogP contribution in [0.5, 0.6) is 0 Å². The maximum absolute atomic E-state index is 10.8. The van der Waals surface area contributed by atoms with Crippen LogP contribution in [0, 0.1) is 11.8 Å². The van der Waals surface area contributed by atoms with Gasteiger partial charge in [0.1, 0.15) is 0 Å². The molecule has 0 aliphatic heterocycles. The first kappa shape index (κ1) is 13.3. The van der Waals surface area contributed by atoms with Crippen LogP contribution in [0.1, 0.15) is 15.9 Å². The molecular weight excluding hydrogens is 256 g/mol. The predicted octanol–water partition coefficient (Wildman–Crippen LogP) is 3.53. The van der Waals surface area contributed by atoms with E-state index in [1.807, 2.05) is 36.4 Å². The van der Waals surface area contributed by atoms with E-state index in [9.17, 15) is 4.79 Å². The SMILES string of the molecule is O=C(O)c1cccc(SCC#Cc2ccccc2)c1. The lowest BCUT2D eigenvalue weighted by molar-refractivity contribution is 0.0696. The number of hydrogen-bond donors (Lipinski definition) is 1. The number of carbonyl (C=O) groups is 1. The van der Waals surface area contributed by atoms with Gasteiger partial charge in [-0.1, -0.05) is 36.1 Å². The van der Waals surface area contributed by atoms with Gasteiger partial charge < -0.3 is 5.11 Å². The van der Waals surface area contributed by atoms with Crippen molar-refractivity contribution < 1.29 is 9.90 Å². The van der Waals surface area contributed by atoms with E-state index < -0.39 is 5.97 Å². The van der Waals surface area contributed by atoms with Gasteiger partial charge >= 0.3 is 5.97 Å². The number of hydrogen-bond acceptors (Lipinski definition) is 2. The van der Waals surface area contributed by atoms with Gasteiger partial charge in [0.25, 0.3) is 0 Å². The molecule has 0 bridgehead atoms. The van der Waals surface area contributed by atoms with E-state index in [1.165, 1.54) is 11.8 Å². The van der Waals surface area contributed by atoms with Crippen LogP contribution < -0.4 is 0 Å². The second-order valence-electron chi connectivity index (χ2n) is 3.79. The Morgan fingerprint density at radius 2 is 1.89 bits per heavy atom. The average Bonchev–Trinajstić information content (AvgIpc) is 2.45. The van der Waals surface area contributed by atoms with Crippen LogP contribution in [-0.4, -0.2) is 16.8 Å². The highest BCUT2D eigenvalue weighted by Gasteiger charge is 2.02. The van der Waals surface area contributed by atoms with E-state index in [0.29, 0.717) is 11.3 Å². The minimum Gasteiger partial charge on any atom is -0.478 e. The molecule has 2 rings (SSSR count). The summed E-state index contributed by atoms with van der Waals surface area (Å²) in [6.07, 6.45) is 0. The fourth-order valence-corrected chi connectivity index (χ4v) is 2.19. The number of rotatable bonds is 3. The fourth-order valence-electron chi connectivity index (χ4n) is 1.50. The van der Waals surface area contributed by atoms with Crippen molar-refractivity contribution in [3.8, 4) is 11.8 Å². The summed E-state index contributed by atoms with van der Waals surface area (Å²) in [7, 11) is 0. The summed E-state index contributed by atoms with van der Waals surface area (Å²) in [6, 6.07) is 16.7. The summed E-state index contributed by atoms with van der Waals surface area (Å²) in [5.74, 6) is 5.86. The number of thioether (sulfide) groups is 1. The third-order valence-electron chi connectivity index (χ3n) is 2.40. The molecule has 0 radical (unpaired) electrons. The molecule has 0 unspecified atom stereocenters. The third kappa shape index (κ3) is 4.20. The summed E-state index contributed by atoms with van der Waals surface area (Å²) in [4.78, 5) is 11.7. The van der Waals surface area contributed by atoms with Gasteiger partial charge in [-0.25, -0.2) is 4.79 Å². The van der Waals surface area contributed by atoms with Gasteiger partial charge in [-0.2, -0.15) is 0 Å². The zero-order valence-electron chi connectivity index (χ0n) is 10.2. The summed E-state index contributed by atoms with van der Waals surface area (Å²) in [5.41, 5.74) is 1.29. The smallest absolute Gasteiger partial charge is 0.335 e. The second kappa shape index (κ2) is 6.67. The van der Waals surface area contributed by atoms with Crippen LogP contribution in [0.4, 0.5) is 0 Å². The highest BCUT2D eigenvalue weighted by atomic mass is 32.2. The van der Waals surface area contributed by atoms with Crippen LogP contribution in [0.25, 0.3) is 0 Å². The normalized spacial score (nSPS) is 9.47. The van der Waals surface area contributed by atoms with Gasteiger partial charge in [0.15, 0.2) is 0 Å². The molecule has 0 aromatic heterocycles. The van der Waals surface area contributed by atoms with Crippen LogP contribution in [-0.2, 0) is 0 Å². The Labute approximate surface area is 116 Å². The van der Waals surface area contributed by atoms with Crippen LogP contribution in [0.15, 0.2) is 59.5 Å². The molecule has 94 valence electrons. The number of carboxylic acids is 1. The van der Waals surface area contributed by atoms with Gasteiger partial charge in [0.05, 0.1) is 11.3 Å². The number of aromatic carboxylic acids is 1. The van der Waals surface area contributed by atoms with Gasteiger partial charge in [-0.15, -0.1) is 11.8 Å². The standard InChI is InChI=1S/C16H12O2S/c17-16(18)14-9-4-10-15(12-14)19-11-5-8-13-6-2-1-3-7-13/h1-4,6-7,9-10,12H,11H2,(H,17,18). The van der Waals surface area contributed by atoms with Crippen molar-refractivity contribution >= 4 is 17.7 Å². The minimum absolute atomic E-state index is 0.306.